The molecular formula is C13H22N4O. The second-order valence-corrected chi connectivity index (χ2v) is 4.77. The molecule has 2 rings (SSSR count). The first-order chi connectivity index (χ1) is 8.86. The summed E-state index contributed by atoms with van der Waals surface area (Å²) in [7, 11) is 0. The van der Waals surface area contributed by atoms with E-state index in [4.69, 9.17) is 0 Å². The van der Waals surface area contributed by atoms with Gasteiger partial charge in [0.25, 0.3) is 0 Å². The van der Waals surface area contributed by atoms with Crippen LogP contribution < -0.4 is 5.32 Å². The first-order valence-corrected chi connectivity index (χ1v) is 6.80. The normalized spacial score (nSPS) is 15.2. The van der Waals surface area contributed by atoms with Crippen molar-refractivity contribution in [2.24, 2.45) is 0 Å². The minimum Gasteiger partial charge on any atom is -0.342 e. The van der Waals surface area contributed by atoms with E-state index in [0.29, 0.717) is 6.54 Å². The number of nitrogens with one attached hydrogen (secondary N) is 1. The Bertz CT molecular complexity index is 344. The first-order valence-electron chi connectivity index (χ1n) is 6.80. The van der Waals surface area contributed by atoms with Crippen LogP contribution in [0.3, 0.4) is 0 Å². The minimum absolute atomic E-state index is 0.252. The van der Waals surface area contributed by atoms with Crippen LogP contribution in [0.25, 0.3) is 0 Å². The maximum Gasteiger partial charge on any atom is 0.236 e. The molecule has 5 heteroatoms. The molecule has 1 fully saturated rings. The van der Waals surface area contributed by atoms with Gasteiger partial charge >= 0.3 is 0 Å². The third kappa shape index (κ3) is 4.14. The Labute approximate surface area is 108 Å². The van der Waals surface area contributed by atoms with E-state index in [1.165, 1.54) is 0 Å². The summed E-state index contributed by atoms with van der Waals surface area (Å²) >= 11 is 0. The largest absolute Gasteiger partial charge is 0.342 e. The summed E-state index contributed by atoms with van der Waals surface area (Å²) in [6.07, 6.45) is 10.1. The maximum atomic E-state index is 11.7. The number of aryl methyl sites for hydroxylation is 1. The first kappa shape index (κ1) is 13.1. The molecule has 0 aromatic carbocycles. The molecule has 1 aromatic rings. The van der Waals surface area contributed by atoms with E-state index in [0.717, 1.165) is 51.9 Å². The smallest absolute Gasteiger partial charge is 0.236 e. The molecule has 1 aliphatic rings. The molecule has 0 bridgehead atoms. The van der Waals surface area contributed by atoms with E-state index in [1.54, 1.807) is 6.20 Å². The van der Waals surface area contributed by atoms with Gasteiger partial charge in [0.1, 0.15) is 0 Å². The third-order valence-corrected chi connectivity index (χ3v) is 3.31. The lowest BCUT2D eigenvalue weighted by atomic mass is 10.3. The Balaban J connectivity index is 1.47. The van der Waals surface area contributed by atoms with Gasteiger partial charge in [-0.1, -0.05) is 0 Å². The Hall–Kier alpha value is -1.36. The molecule has 0 spiro atoms. The predicted octanol–water partition coefficient (Wildman–Crippen LogP) is 0.875. The minimum atomic E-state index is 0.252. The number of nitrogens with zero attached hydrogens (tertiary/aromatic N) is 3. The highest BCUT2D eigenvalue weighted by atomic mass is 16.2. The Morgan fingerprint density at radius 2 is 2.11 bits per heavy atom. The van der Waals surface area contributed by atoms with Crippen LogP contribution in [0.2, 0.25) is 0 Å². The number of imidazole rings is 1. The van der Waals surface area contributed by atoms with E-state index in [9.17, 15) is 4.79 Å². The monoisotopic (exact) mass is 250 g/mol. The summed E-state index contributed by atoms with van der Waals surface area (Å²) in [6.45, 7) is 4.30. The average Bonchev–Trinajstić information content (AvgIpc) is 3.05. The van der Waals surface area contributed by atoms with E-state index >= 15 is 0 Å². The highest BCUT2D eigenvalue weighted by molar-refractivity contribution is 5.78. The number of amides is 1. The average molecular weight is 250 g/mol. The van der Waals surface area contributed by atoms with Gasteiger partial charge in [-0.15, -0.1) is 0 Å². The summed E-state index contributed by atoms with van der Waals surface area (Å²) in [6, 6.07) is 0. The molecule has 18 heavy (non-hydrogen) atoms. The van der Waals surface area contributed by atoms with Gasteiger partial charge in [0.2, 0.25) is 5.91 Å². The molecule has 1 saturated heterocycles. The second kappa shape index (κ2) is 7.16. The Morgan fingerprint density at radius 3 is 2.83 bits per heavy atom. The standard InChI is InChI=1S/C13H22N4O/c18-13(17-8-3-4-9-17)11-14-5-1-2-7-16-10-6-15-12-16/h6,10,12,14H,1-5,7-9,11H2. The van der Waals surface area contributed by atoms with Gasteiger partial charge < -0.3 is 14.8 Å². The van der Waals surface area contributed by atoms with Crippen molar-refractivity contribution in [3.63, 3.8) is 0 Å². The van der Waals surface area contributed by atoms with Crippen LogP contribution in [0.4, 0.5) is 0 Å². The van der Waals surface area contributed by atoms with Crippen LogP contribution >= 0.6 is 0 Å². The molecule has 100 valence electrons. The maximum absolute atomic E-state index is 11.7. The zero-order chi connectivity index (χ0) is 12.6. The summed E-state index contributed by atoms with van der Waals surface area (Å²) in [5.74, 6) is 0.252. The van der Waals surface area contributed by atoms with Crippen molar-refractivity contribution in [2.45, 2.75) is 32.2 Å². The molecular weight excluding hydrogens is 228 g/mol. The van der Waals surface area contributed by atoms with Crippen molar-refractivity contribution in [2.75, 3.05) is 26.2 Å². The molecule has 0 atom stereocenters. The van der Waals surface area contributed by atoms with Crippen molar-refractivity contribution >= 4 is 5.91 Å². The second-order valence-electron chi connectivity index (χ2n) is 4.77. The molecule has 1 aliphatic heterocycles. The fourth-order valence-electron chi connectivity index (χ4n) is 2.24. The van der Waals surface area contributed by atoms with Gasteiger partial charge in [0.05, 0.1) is 12.9 Å². The van der Waals surface area contributed by atoms with Crippen molar-refractivity contribution in [3.8, 4) is 0 Å². The van der Waals surface area contributed by atoms with Gasteiger partial charge in [-0.3, -0.25) is 4.79 Å². The SMILES string of the molecule is O=C(CNCCCCn1ccnc1)N1CCCC1. The molecule has 1 N–H and O–H groups in total. The number of aromatic nitrogens is 2. The van der Waals surface area contributed by atoms with Crippen molar-refractivity contribution in [3.05, 3.63) is 18.7 Å². The van der Waals surface area contributed by atoms with E-state index in [2.05, 4.69) is 14.9 Å². The predicted molar refractivity (Wildman–Crippen MR) is 70.1 cm³/mol. The van der Waals surface area contributed by atoms with Gasteiger partial charge in [0.15, 0.2) is 0 Å². The Kier molecular flexibility index (Phi) is 5.20. The van der Waals surface area contributed by atoms with E-state index in [1.807, 2.05) is 17.4 Å². The Morgan fingerprint density at radius 1 is 1.28 bits per heavy atom. The molecule has 1 amide bonds. The topological polar surface area (TPSA) is 50.2 Å². The van der Waals surface area contributed by atoms with Crippen LogP contribution in [-0.4, -0.2) is 46.5 Å². The highest BCUT2D eigenvalue weighted by Gasteiger charge is 2.16. The van der Waals surface area contributed by atoms with Gasteiger partial charge in [-0.2, -0.15) is 0 Å². The number of likely N-dealkylation sites (tertiary alicyclic amines) is 1. The summed E-state index contributed by atoms with van der Waals surface area (Å²) in [4.78, 5) is 17.7. The number of rotatable bonds is 7. The highest BCUT2D eigenvalue weighted by Crippen LogP contribution is 2.06. The van der Waals surface area contributed by atoms with Crippen LogP contribution in [0.5, 0.6) is 0 Å². The van der Waals surface area contributed by atoms with Crippen LogP contribution in [0.1, 0.15) is 25.7 Å². The van der Waals surface area contributed by atoms with Crippen molar-refractivity contribution in [1.82, 2.24) is 19.8 Å². The molecule has 0 saturated carbocycles. The molecule has 0 unspecified atom stereocenters. The quantitative estimate of drug-likeness (QED) is 0.731. The molecule has 1 aromatic heterocycles. The lowest BCUT2D eigenvalue weighted by molar-refractivity contribution is -0.129. The zero-order valence-electron chi connectivity index (χ0n) is 10.8. The lowest BCUT2D eigenvalue weighted by Gasteiger charge is -2.15. The summed E-state index contributed by atoms with van der Waals surface area (Å²) < 4.78 is 2.08. The van der Waals surface area contributed by atoms with E-state index < -0.39 is 0 Å². The number of hydrogen-bond acceptors (Lipinski definition) is 3. The van der Waals surface area contributed by atoms with Crippen LogP contribution in [-0.2, 0) is 11.3 Å². The third-order valence-electron chi connectivity index (χ3n) is 3.31. The number of carbonyl (C=O) groups is 1. The number of carbonyl (C=O) groups excluding carboxylic acids is 1. The molecule has 0 radical (unpaired) electrons. The van der Waals surface area contributed by atoms with Crippen molar-refractivity contribution in [1.29, 1.82) is 0 Å². The molecule has 0 aliphatic carbocycles. The zero-order valence-corrected chi connectivity index (χ0v) is 10.8. The van der Waals surface area contributed by atoms with E-state index in [-0.39, 0.29) is 5.91 Å². The molecule has 2 heterocycles. The van der Waals surface area contributed by atoms with Crippen LogP contribution in [0, 0.1) is 0 Å². The summed E-state index contributed by atoms with van der Waals surface area (Å²) in [5.41, 5.74) is 0. The fourth-order valence-corrected chi connectivity index (χ4v) is 2.24. The van der Waals surface area contributed by atoms with Crippen molar-refractivity contribution < 1.29 is 4.79 Å². The number of unbranched alkanes of at least 4 members (excludes halogenated alkanes) is 1. The lowest BCUT2D eigenvalue weighted by Crippen LogP contribution is -2.36. The van der Waals surface area contributed by atoms with Gasteiger partial charge in [-0.05, 0) is 32.2 Å². The van der Waals surface area contributed by atoms with Gasteiger partial charge in [-0.25, -0.2) is 4.98 Å². The van der Waals surface area contributed by atoms with Crippen LogP contribution in [0.15, 0.2) is 18.7 Å². The fraction of sp³-hybridized carbons (Fsp3) is 0.692. The summed E-state index contributed by atoms with van der Waals surface area (Å²) in [5, 5.41) is 3.23. The molecule has 5 nitrogen and oxygen atoms in total. The number of hydrogen-bond donors (Lipinski definition) is 1. The van der Waals surface area contributed by atoms with Gasteiger partial charge in [0, 0.05) is 32.0 Å².